The fraction of sp³-hybridized carbons (Fsp3) is 0.333. The monoisotopic (exact) mass is 377 g/mol. The number of imidazole rings is 1. The average Bonchev–Trinajstić information content (AvgIpc) is 3.15. The van der Waals surface area contributed by atoms with Gasteiger partial charge in [-0.25, -0.2) is 9.97 Å². The molecule has 1 aliphatic rings. The van der Waals surface area contributed by atoms with Crippen molar-refractivity contribution >= 4 is 5.91 Å². The topological polar surface area (TPSA) is 73.1 Å². The Labute approximate surface area is 164 Å². The minimum Gasteiger partial charge on any atom is -0.437 e. The number of hydrogen-bond donors (Lipinski definition) is 0. The molecule has 0 spiro atoms. The SMILES string of the molecule is Cc1ccccc1Oc1nccnc1C1CCCN(C(=O)c2nccn2C)C1. The molecular formula is C21H23N5O2. The first-order valence-corrected chi connectivity index (χ1v) is 9.44. The summed E-state index contributed by atoms with van der Waals surface area (Å²) in [7, 11) is 1.83. The van der Waals surface area contributed by atoms with Gasteiger partial charge in [-0.2, -0.15) is 0 Å². The molecule has 1 unspecified atom stereocenters. The molecule has 1 amide bonds. The van der Waals surface area contributed by atoms with E-state index in [-0.39, 0.29) is 11.8 Å². The fourth-order valence-electron chi connectivity index (χ4n) is 3.57. The summed E-state index contributed by atoms with van der Waals surface area (Å²) in [5, 5.41) is 0. The molecule has 1 saturated heterocycles. The van der Waals surface area contributed by atoms with Crippen LogP contribution in [0, 0.1) is 6.92 Å². The van der Waals surface area contributed by atoms with E-state index in [1.807, 2.05) is 43.1 Å². The van der Waals surface area contributed by atoms with E-state index >= 15 is 0 Å². The molecule has 4 rings (SSSR count). The molecule has 1 aliphatic heterocycles. The molecule has 1 atom stereocenters. The maximum Gasteiger partial charge on any atom is 0.289 e. The van der Waals surface area contributed by atoms with Crippen LogP contribution >= 0.6 is 0 Å². The van der Waals surface area contributed by atoms with E-state index in [4.69, 9.17) is 4.74 Å². The van der Waals surface area contributed by atoms with Crippen molar-refractivity contribution in [1.29, 1.82) is 0 Å². The number of nitrogens with zero attached hydrogens (tertiary/aromatic N) is 5. The highest BCUT2D eigenvalue weighted by atomic mass is 16.5. The van der Waals surface area contributed by atoms with Crippen molar-refractivity contribution in [2.75, 3.05) is 13.1 Å². The Kier molecular flexibility index (Phi) is 5.06. The largest absolute Gasteiger partial charge is 0.437 e. The normalized spacial score (nSPS) is 16.8. The van der Waals surface area contributed by atoms with E-state index in [1.165, 1.54) is 0 Å². The third-order valence-corrected chi connectivity index (χ3v) is 5.10. The highest BCUT2D eigenvalue weighted by Crippen LogP contribution is 2.33. The first-order chi connectivity index (χ1) is 13.6. The lowest BCUT2D eigenvalue weighted by molar-refractivity contribution is 0.0688. The van der Waals surface area contributed by atoms with Gasteiger partial charge < -0.3 is 14.2 Å². The zero-order valence-electron chi connectivity index (χ0n) is 16.1. The lowest BCUT2D eigenvalue weighted by Crippen LogP contribution is -2.40. The number of carbonyl (C=O) groups is 1. The second kappa shape index (κ2) is 7.80. The summed E-state index contributed by atoms with van der Waals surface area (Å²) in [6.45, 7) is 3.30. The summed E-state index contributed by atoms with van der Waals surface area (Å²) in [6, 6.07) is 7.83. The van der Waals surface area contributed by atoms with Gasteiger partial charge in [0.2, 0.25) is 5.88 Å². The van der Waals surface area contributed by atoms with Crippen LogP contribution in [-0.4, -0.2) is 43.4 Å². The van der Waals surface area contributed by atoms with Gasteiger partial charge >= 0.3 is 0 Å². The number of ether oxygens (including phenoxy) is 1. The standard InChI is InChI=1S/C21H23N5O2/c1-15-6-3-4-8-17(15)28-20-18(22-9-10-24-20)16-7-5-12-26(14-16)21(27)19-23-11-13-25(19)2/h3-4,6,8-11,13,16H,5,7,12,14H2,1-2H3. The lowest BCUT2D eigenvalue weighted by Gasteiger charge is -2.32. The summed E-state index contributed by atoms with van der Waals surface area (Å²) in [5.74, 6) is 1.75. The molecule has 28 heavy (non-hydrogen) atoms. The van der Waals surface area contributed by atoms with Gasteiger partial charge in [0.1, 0.15) is 11.4 Å². The number of aromatic nitrogens is 4. The predicted octanol–water partition coefficient (Wildman–Crippen LogP) is 3.33. The van der Waals surface area contributed by atoms with Crippen molar-refractivity contribution in [3.8, 4) is 11.6 Å². The Bertz CT molecular complexity index is 984. The van der Waals surface area contributed by atoms with Crippen LogP contribution in [0.15, 0.2) is 49.1 Å². The molecule has 1 fully saturated rings. The Balaban J connectivity index is 1.57. The molecule has 2 aromatic heterocycles. The molecule has 144 valence electrons. The van der Waals surface area contributed by atoms with Gasteiger partial charge in [0.05, 0.1) is 0 Å². The van der Waals surface area contributed by atoms with Crippen LogP contribution in [0.4, 0.5) is 0 Å². The maximum absolute atomic E-state index is 12.9. The van der Waals surface area contributed by atoms with E-state index in [1.54, 1.807) is 29.4 Å². The van der Waals surface area contributed by atoms with Crippen LogP contribution in [0.25, 0.3) is 0 Å². The first kappa shape index (κ1) is 18.2. The van der Waals surface area contributed by atoms with Crippen molar-refractivity contribution in [1.82, 2.24) is 24.4 Å². The minimum absolute atomic E-state index is 0.0533. The maximum atomic E-state index is 12.9. The molecule has 0 radical (unpaired) electrons. The summed E-state index contributed by atoms with van der Waals surface area (Å²) < 4.78 is 7.84. The Hall–Kier alpha value is -3.22. The predicted molar refractivity (Wildman–Crippen MR) is 104 cm³/mol. The third-order valence-electron chi connectivity index (χ3n) is 5.10. The van der Waals surface area contributed by atoms with Gasteiger partial charge in [-0.3, -0.25) is 9.78 Å². The van der Waals surface area contributed by atoms with E-state index in [9.17, 15) is 4.79 Å². The molecular weight excluding hydrogens is 354 g/mol. The zero-order valence-corrected chi connectivity index (χ0v) is 16.1. The number of benzene rings is 1. The number of hydrogen-bond acceptors (Lipinski definition) is 5. The van der Waals surface area contributed by atoms with Crippen LogP contribution in [-0.2, 0) is 7.05 Å². The number of piperidine rings is 1. The Morgan fingerprint density at radius 3 is 2.75 bits per heavy atom. The van der Waals surface area contributed by atoms with Gasteiger partial charge in [0, 0.05) is 50.8 Å². The van der Waals surface area contributed by atoms with Crippen LogP contribution < -0.4 is 4.74 Å². The molecule has 0 bridgehead atoms. The summed E-state index contributed by atoms with van der Waals surface area (Å²) in [5.41, 5.74) is 1.83. The average molecular weight is 377 g/mol. The summed E-state index contributed by atoms with van der Waals surface area (Å²) >= 11 is 0. The molecule has 0 aliphatic carbocycles. The van der Waals surface area contributed by atoms with Crippen LogP contribution in [0.5, 0.6) is 11.6 Å². The number of carbonyl (C=O) groups excluding carboxylic acids is 1. The Morgan fingerprint density at radius 2 is 1.96 bits per heavy atom. The minimum atomic E-state index is -0.0533. The van der Waals surface area contributed by atoms with E-state index in [2.05, 4.69) is 15.0 Å². The Morgan fingerprint density at radius 1 is 1.14 bits per heavy atom. The van der Waals surface area contributed by atoms with Gasteiger partial charge in [0.25, 0.3) is 5.91 Å². The van der Waals surface area contributed by atoms with Crippen molar-refractivity contribution in [2.45, 2.75) is 25.7 Å². The smallest absolute Gasteiger partial charge is 0.289 e. The fourth-order valence-corrected chi connectivity index (χ4v) is 3.57. The van der Waals surface area contributed by atoms with Gasteiger partial charge in [-0.05, 0) is 31.4 Å². The molecule has 3 heterocycles. The van der Waals surface area contributed by atoms with E-state index < -0.39 is 0 Å². The second-order valence-electron chi connectivity index (χ2n) is 7.07. The quantitative estimate of drug-likeness (QED) is 0.697. The highest BCUT2D eigenvalue weighted by molar-refractivity contribution is 5.90. The molecule has 0 saturated carbocycles. The molecule has 7 heteroatoms. The van der Waals surface area contributed by atoms with E-state index in [0.29, 0.717) is 18.2 Å². The van der Waals surface area contributed by atoms with Gasteiger partial charge in [-0.15, -0.1) is 0 Å². The number of rotatable bonds is 4. The first-order valence-electron chi connectivity index (χ1n) is 9.44. The number of amides is 1. The third kappa shape index (κ3) is 3.60. The van der Waals surface area contributed by atoms with Gasteiger partial charge in [-0.1, -0.05) is 18.2 Å². The van der Waals surface area contributed by atoms with Crippen molar-refractivity contribution in [3.05, 3.63) is 66.1 Å². The molecule has 1 aromatic carbocycles. The molecule has 7 nitrogen and oxygen atoms in total. The zero-order chi connectivity index (χ0) is 19.5. The highest BCUT2D eigenvalue weighted by Gasteiger charge is 2.30. The second-order valence-corrected chi connectivity index (χ2v) is 7.07. The molecule has 3 aromatic rings. The van der Waals surface area contributed by atoms with Crippen LogP contribution in [0.2, 0.25) is 0 Å². The summed E-state index contributed by atoms with van der Waals surface area (Å²) in [4.78, 5) is 27.9. The lowest BCUT2D eigenvalue weighted by atomic mass is 9.94. The summed E-state index contributed by atoms with van der Waals surface area (Å²) in [6.07, 6.45) is 8.58. The number of aryl methyl sites for hydroxylation is 2. The van der Waals surface area contributed by atoms with Crippen LogP contribution in [0.1, 0.15) is 40.6 Å². The molecule has 0 N–H and O–H groups in total. The van der Waals surface area contributed by atoms with Crippen LogP contribution in [0.3, 0.4) is 0 Å². The van der Waals surface area contributed by atoms with Crippen molar-refractivity contribution in [3.63, 3.8) is 0 Å². The van der Waals surface area contributed by atoms with Crippen molar-refractivity contribution < 1.29 is 9.53 Å². The van der Waals surface area contributed by atoms with Crippen molar-refractivity contribution in [2.24, 2.45) is 7.05 Å². The van der Waals surface area contributed by atoms with E-state index in [0.717, 1.165) is 36.4 Å². The van der Waals surface area contributed by atoms with Gasteiger partial charge in [0.15, 0.2) is 5.82 Å². The number of para-hydroxylation sites is 1. The number of likely N-dealkylation sites (tertiary alicyclic amines) is 1.